The van der Waals surface area contributed by atoms with Gasteiger partial charge < -0.3 is 8.98 Å². The number of carbonyl (C=O) groups excluding carboxylic acids is 1. The van der Waals surface area contributed by atoms with Gasteiger partial charge in [-0.05, 0) is 18.2 Å². The maximum absolute atomic E-state index is 12.1. The van der Waals surface area contributed by atoms with Crippen molar-refractivity contribution in [2.45, 2.75) is 0 Å². The third-order valence-electron chi connectivity index (χ3n) is 3.03. The van der Waals surface area contributed by atoms with Crippen molar-refractivity contribution in [2.24, 2.45) is 12.0 Å². The zero-order valence-electron chi connectivity index (χ0n) is 11.4. The predicted octanol–water partition coefficient (Wildman–Crippen LogP) is 3.79. The normalized spacial score (nSPS) is 12.0. The first kappa shape index (κ1) is 15.7. The summed E-state index contributed by atoms with van der Waals surface area (Å²) in [7, 11) is 1.69. The van der Waals surface area contributed by atoms with Crippen LogP contribution in [0.1, 0.15) is 10.6 Å². The number of fused-ring (bicyclic) bond motifs is 1. The van der Waals surface area contributed by atoms with E-state index in [-0.39, 0.29) is 5.76 Å². The molecule has 0 saturated carbocycles. The van der Waals surface area contributed by atoms with E-state index >= 15 is 0 Å². The smallest absolute Gasteiger partial charge is 0.395 e. The number of hydrogen-bond acceptors (Lipinski definition) is 5. The van der Waals surface area contributed by atoms with E-state index in [0.29, 0.717) is 25.1 Å². The van der Waals surface area contributed by atoms with Gasteiger partial charge in [0.1, 0.15) is 4.92 Å². The summed E-state index contributed by atoms with van der Waals surface area (Å²) in [4.78, 5) is 26.2. The van der Waals surface area contributed by atoms with E-state index in [1.807, 2.05) is 0 Å². The van der Waals surface area contributed by atoms with E-state index in [0.717, 1.165) is 6.07 Å². The third kappa shape index (κ3) is 2.76. The van der Waals surface area contributed by atoms with E-state index < -0.39 is 16.7 Å². The minimum Gasteiger partial charge on any atom is -0.395 e. The Morgan fingerprint density at radius 3 is 2.61 bits per heavy atom. The first-order chi connectivity index (χ1) is 10.9. The summed E-state index contributed by atoms with van der Waals surface area (Å²) in [5, 5.41) is 11.6. The fraction of sp³-hybridized carbons (Fsp3) is 0.0769. The second kappa shape index (κ2) is 5.80. The topological polar surface area (TPSA) is 90.6 Å². The van der Waals surface area contributed by atoms with E-state index in [1.165, 1.54) is 17.4 Å². The fourth-order valence-electron chi connectivity index (χ4n) is 1.97. The summed E-state index contributed by atoms with van der Waals surface area (Å²) >= 11 is 13.5. The summed E-state index contributed by atoms with van der Waals surface area (Å²) in [6.07, 6.45) is 0. The number of thiazole rings is 1. The third-order valence-corrected chi connectivity index (χ3v) is 4.93. The number of aryl methyl sites for hydroxylation is 1. The Morgan fingerprint density at radius 2 is 2.00 bits per heavy atom. The van der Waals surface area contributed by atoms with Crippen molar-refractivity contribution in [3.8, 4) is 0 Å². The Kier molecular flexibility index (Phi) is 3.97. The molecule has 10 heteroatoms. The molecule has 0 N–H and O–H groups in total. The molecule has 0 aliphatic carbocycles. The summed E-state index contributed by atoms with van der Waals surface area (Å²) < 4.78 is 7.16. The minimum absolute atomic E-state index is 0.216. The molecule has 0 aliphatic rings. The molecule has 0 saturated heterocycles. The highest BCUT2D eigenvalue weighted by atomic mass is 35.5. The second-order valence-corrected chi connectivity index (χ2v) is 6.25. The number of benzene rings is 1. The second-order valence-electron chi connectivity index (χ2n) is 4.46. The molecule has 1 aromatic carbocycles. The van der Waals surface area contributed by atoms with Gasteiger partial charge in [0.25, 0.3) is 0 Å². The monoisotopic (exact) mass is 371 g/mol. The number of hydrogen-bond donors (Lipinski definition) is 0. The van der Waals surface area contributed by atoms with Crippen LogP contribution in [0.25, 0.3) is 10.2 Å². The van der Waals surface area contributed by atoms with Crippen LogP contribution in [0.3, 0.4) is 0 Å². The molecule has 1 amide bonds. The van der Waals surface area contributed by atoms with Crippen LogP contribution in [0.2, 0.25) is 10.0 Å². The van der Waals surface area contributed by atoms with Gasteiger partial charge in [-0.1, -0.05) is 34.5 Å². The van der Waals surface area contributed by atoms with Gasteiger partial charge in [0.15, 0.2) is 4.80 Å². The van der Waals surface area contributed by atoms with Crippen molar-refractivity contribution < 1.29 is 14.1 Å². The fourth-order valence-corrected chi connectivity index (χ4v) is 3.63. The number of amides is 1. The van der Waals surface area contributed by atoms with Crippen molar-refractivity contribution in [3.63, 3.8) is 0 Å². The zero-order valence-corrected chi connectivity index (χ0v) is 13.8. The quantitative estimate of drug-likeness (QED) is 0.506. The maximum Gasteiger partial charge on any atom is 0.433 e. The van der Waals surface area contributed by atoms with Crippen LogP contribution in [0.4, 0.5) is 5.88 Å². The lowest BCUT2D eigenvalue weighted by Crippen LogP contribution is -2.13. The van der Waals surface area contributed by atoms with Gasteiger partial charge in [-0.15, -0.1) is 0 Å². The van der Waals surface area contributed by atoms with Crippen LogP contribution in [0, 0.1) is 10.1 Å². The van der Waals surface area contributed by atoms with E-state index in [2.05, 4.69) is 4.99 Å². The number of carbonyl (C=O) groups is 1. The van der Waals surface area contributed by atoms with Crippen LogP contribution < -0.4 is 4.80 Å². The lowest BCUT2D eigenvalue weighted by Gasteiger charge is -1.99. The molecule has 0 fully saturated rings. The zero-order chi connectivity index (χ0) is 16.7. The SMILES string of the molecule is Cn1c(=NC(=O)c2ccc([N+](=O)[O-])o2)sc2c(Cl)ccc(Cl)c21. The number of rotatable bonds is 2. The summed E-state index contributed by atoms with van der Waals surface area (Å²) in [6, 6.07) is 5.61. The molecule has 2 heterocycles. The molecule has 0 bridgehead atoms. The van der Waals surface area contributed by atoms with Crippen molar-refractivity contribution in [2.75, 3.05) is 0 Å². The van der Waals surface area contributed by atoms with Crippen LogP contribution >= 0.6 is 34.5 Å². The van der Waals surface area contributed by atoms with Gasteiger partial charge in [-0.3, -0.25) is 14.9 Å². The van der Waals surface area contributed by atoms with Gasteiger partial charge in [0, 0.05) is 7.05 Å². The average Bonchev–Trinajstić information content (AvgIpc) is 3.10. The molecule has 3 rings (SSSR count). The molecule has 0 spiro atoms. The van der Waals surface area contributed by atoms with E-state index in [9.17, 15) is 14.9 Å². The molecule has 7 nitrogen and oxygen atoms in total. The number of nitrogens with zero attached hydrogens (tertiary/aromatic N) is 3. The highest BCUT2D eigenvalue weighted by molar-refractivity contribution is 7.17. The number of furan rings is 1. The molecular weight excluding hydrogens is 365 g/mol. The largest absolute Gasteiger partial charge is 0.433 e. The Labute approximate surface area is 142 Å². The van der Waals surface area contributed by atoms with Crippen molar-refractivity contribution >= 4 is 56.5 Å². The molecule has 0 atom stereocenters. The number of aromatic nitrogens is 1. The molecule has 0 radical (unpaired) electrons. The van der Waals surface area contributed by atoms with Gasteiger partial charge >= 0.3 is 11.8 Å². The molecule has 118 valence electrons. The standard InChI is InChI=1S/C13H7Cl2N3O4S/c1-17-10-6(14)2-3-7(15)11(10)23-13(17)16-12(19)8-4-5-9(22-8)18(20)21/h2-5H,1H3. The molecule has 3 aromatic rings. The molecule has 0 unspecified atom stereocenters. The van der Waals surface area contributed by atoms with Crippen molar-refractivity contribution in [1.82, 2.24) is 4.57 Å². The Bertz CT molecular complexity index is 1020. The van der Waals surface area contributed by atoms with Crippen LogP contribution in [-0.4, -0.2) is 15.4 Å². The van der Waals surface area contributed by atoms with Crippen molar-refractivity contribution in [1.29, 1.82) is 0 Å². The van der Waals surface area contributed by atoms with Crippen molar-refractivity contribution in [3.05, 3.63) is 55.0 Å². The Hall–Kier alpha value is -2.16. The lowest BCUT2D eigenvalue weighted by molar-refractivity contribution is -0.402. The van der Waals surface area contributed by atoms with E-state index in [4.69, 9.17) is 27.6 Å². The molecule has 2 aromatic heterocycles. The van der Waals surface area contributed by atoms with Crippen LogP contribution in [0.15, 0.2) is 33.7 Å². The highest BCUT2D eigenvalue weighted by Gasteiger charge is 2.18. The Balaban J connectivity index is 2.12. The summed E-state index contributed by atoms with van der Waals surface area (Å²) in [5.74, 6) is -1.46. The lowest BCUT2D eigenvalue weighted by atomic mass is 10.3. The predicted molar refractivity (Wildman–Crippen MR) is 86.1 cm³/mol. The maximum atomic E-state index is 12.1. The van der Waals surface area contributed by atoms with Crippen LogP contribution in [-0.2, 0) is 7.05 Å². The summed E-state index contributed by atoms with van der Waals surface area (Å²) in [5.41, 5.74) is 0.654. The first-order valence-electron chi connectivity index (χ1n) is 6.15. The molecule has 0 aliphatic heterocycles. The van der Waals surface area contributed by atoms with E-state index in [1.54, 1.807) is 23.7 Å². The molecule has 23 heavy (non-hydrogen) atoms. The summed E-state index contributed by atoms with van der Waals surface area (Å²) in [6.45, 7) is 0. The number of nitro groups is 1. The first-order valence-corrected chi connectivity index (χ1v) is 7.72. The number of halogens is 2. The minimum atomic E-state index is -0.729. The van der Waals surface area contributed by atoms with Gasteiger partial charge in [0.2, 0.25) is 5.76 Å². The molecular formula is C13H7Cl2N3O4S. The average molecular weight is 372 g/mol. The van der Waals surface area contributed by atoms with Gasteiger partial charge in [-0.2, -0.15) is 4.99 Å². The Morgan fingerprint density at radius 1 is 1.30 bits per heavy atom. The van der Waals surface area contributed by atoms with Crippen LogP contribution in [0.5, 0.6) is 0 Å². The van der Waals surface area contributed by atoms with Gasteiger partial charge in [0.05, 0.1) is 26.3 Å². The highest BCUT2D eigenvalue weighted by Crippen LogP contribution is 2.31. The van der Waals surface area contributed by atoms with Gasteiger partial charge in [-0.25, -0.2) is 0 Å².